The molecule has 5 rings (SSSR count). The van der Waals surface area contributed by atoms with E-state index in [1.54, 1.807) is 49.6 Å². The summed E-state index contributed by atoms with van der Waals surface area (Å²) in [6.45, 7) is 0.293. The Kier molecular flexibility index (Phi) is 5.62. The molecular weight excluding hydrogens is 486 g/mol. The highest BCUT2D eigenvalue weighted by molar-refractivity contribution is 7.91. The lowest BCUT2D eigenvalue weighted by Crippen LogP contribution is -2.26. The summed E-state index contributed by atoms with van der Waals surface area (Å²) in [5.74, 6) is -0.711. The lowest BCUT2D eigenvalue weighted by atomic mass is 10.1. The number of hydrogen-bond acceptors (Lipinski definition) is 7. The fourth-order valence-corrected chi connectivity index (χ4v) is 6.40. The van der Waals surface area contributed by atoms with Crippen LogP contribution >= 0.6 is 11.3 Å². The lowest BCUT2D eigenvalue weighted by Gasteiger charge is -2.17. The highest BCUT2D eigenvalue weighted by atomic mass is 32.2. The van der Waals surface area contributed by atoms with Gasteiger partial charge in [0.1, 0.15) is 10.8 Å². The van der Waals surface area contributed by atoms with Crippen molar-refractivity contribution < 1.29 is 23.1 Å². The minimum Gasteiger partial charge on any atom is -0.508 e. The van der Waals surface area contributed by atoms with Gasteiger partial charge in [0.25, 0.3) is 11.8 Å². The number of hydrogen-bond donors (Lipinski definition) is 2. The van der Waals surface area contributed by atoms with E-state index in [2.05, 4.69) is 10.3 Å². The van der Waals surface area contributed by atoms with Gasteiger partial charge in [0.15, 0.2) is 0 Å². The lowest BCUT2D eigenvalue weighted by molar-refractivity contribution is 0.0786. The van der Waals surface area contributed by atoms with Crippen LogP contribution in [0.1, 0.15) is 25.6 Å². The van der Waals surface area contributed by atoms with Gasteiger partial charge in [0.2, 0.25) is 9.84 Å². The average molecular weight is 506 g/mol. The van der Waals surface area contributed by atoms with Crippen molar-refractivity contribution in [1.82, 2.24) is 9.88 Å². The van der Waals surface area contributed by atoms with Gasteiger partial charge in [-0.05, 0) is 54.6 Å². The fourth-order valence-electron chi connectivity index (χ4n) is 3.84. The van der Waals surface area contributed by atoms with Crippen molar-refractivity contribution in [3.05, 3.63) is 88.9 Å². The predicted octanol–water partition coefficient (Wildman–Crippen LogP) is 4.19. The second kappa shape index (κ2) is 8.64. The largest absolute Gasteiger partial charge is 0.508 e. The number of benzene rings is 3. The third kappa shape index (κ3) is 4.17. The Hall–Kier alpha value is -4.02. The maximum Gasteiger partial charge on any atom is 0.257 e. The quantitative estimate of drug-likeness (QED) is 0.430. The molecule has 1 aromatic heterocycles. The number of carbonyl (C=O) groups excluding carboxylic acids is 2. The predicted molar refractivity (Wildman–Crippen MR) is 131 cm³/mol. The van der Waals surface area contributed by atoms with Gasteiger partial charge in [-0.2, -0.15) is 0 Å². The van der Waals surface area contributed by atoms with E-state index in [0.717, 1.165) is 15.4 Å². The number of aromatic nitrogens is 1. The zero-order valence-corrected chi connectivity index (χ0v) is 20.1. The summed E-state index contributed by atoms with van der Waals surface area (Å²) in [4.78, 5) is 32.4. The minimum absolute atomic E-state index is 0.0586. The van der Waals surface area contributed by atoms with Crippen LogP contribution in [0.5, 0.6) is 5.75 Å². The van der Waals surface area contributed by atoms with Crippen molar-refractivity contribution in [3.8, 4) is 16.3 Å². The maximum atomic E-state index is 13.1. The van der Waals surface area contributed by atoms with Crippen molar-refractivity contribution in [2.24, 2.45) is 0 Å². The topological polar surface area (TPSA) is 117 Å². The van der Waals surface area contributed by atoms with Crippen LogP contribution in [0, 0.1) is 0 Å². The Labute approximate surface area is 205 Å². The molecule has 0 atom stereocenters. The number of fused-ring (bicyclic) bond motifs is 2. The van der Waals surface area contributed by atoms with Gasteiger partial charge in [-0.25, -0.2) is 13.4 Å². The molecule has 4 aromatic rings. The first-order valence-corrected chi connectivity index (χ1v) is 12.8. The fraction of sp³-hybridized carbons (Fsp3) is 0.0800. The molecule has 0 aliphatic carbocycles. The molecule has 1 aliphatic heterocycles. The molecule has 10 heteroatoms. The van der Waals surface area contributed by atoms with Crippen LogP contribution in [-0.4, -0.2) is 42.3 Å². The van der Waals surface area contributed by atoms with Crippen LogP contribution in [0.3, 0.4) is 0 Å². The molecule has 35 heavy (non-hydrogen) atoms. The first kappa shape index (κ1) is 22.8. The Bertz CT molecular complexity index is 1580. The Morgan fingerprint density at radius 2 is 1.80 bits per heavy atom. The van der Waals surface area contributed by atoms with Gasteiger partial charge < -0.3 is 15.3 Å². The van der Waals surface area contributed by atoms with E-state index in [4.69, 9.17) is 0 Å². The number of amides is 2. The molecule has 0 spiro atoms. The SMILES string of the molecule is CN(Cc1cnc(-c2ccc(O)cc2)s1)C(=O)c1ccc2c(c1)NC(=O)c1ccccc1S2(=O)=O. The number of anilines is 1. The highest BCUT2D eigenvalue weighted by Crippen LogP contribution is 2.34. The second-order valence-corrected chi connectivity index (χ2v) is 11.0. The van der Waals surface area contributed by atoms with Gasteiger partial charge in [0, 0.05) is 29.2 Å². The molecule has 2 N–H and O–H groups in total. The number of nitrogens with one attached hydrogen (secondary N) is 1. The van der Waals surface area contributed by atoms with Gasteiger partial charge >= 0.3 is 0 Å². The standard InChI is InChI=1S/C25H19N3O5S2/c1-28(14-18-13-26-24(34-18)15-6-9-17(29)10-7-15)25(31)16-8-11-22-20(12-16)27-23(30)19-4-2-3-5-21(19)35(22,32)33/h2-13,29H,14H2,1H3,(H,27,30). The van der Waals surface area contributed by atoms with E-state index in [1.165, 1.54) is 46.6 Å². The molecule has 0 saturated heterocycles. The number of carbonyl (C=O) groups is 2. The van der Waals surface area contributed by atoms with Crippen LogP contribution in [0.25, 0.3) is 10.6 Å². The van der Waals surface area contributed by atoms with E-state index in [0.29, 0.717) is 6.54 Å². The molecular formula is C25H19N3O5S2. The van der Waals surface area contributed by atoms with Crippen LogP contribution in [0.15, 0.2) is 82.7 Å². The smallest absolute Gasteiger partial charge is 0.257 e. The number of aromatic hydroxyl groups is 1. The highest BCUT2D eigenvalue weighted by Gasteiger charge is 2.31. The van der Waals surface area contributed by atoms with Crippen molar-refractivity contribution in [3.63, 3.8) is 0 Å². The monoisotopic (exact) mass is 505 g/mol. The van der Waals surface area contributed by atoms with Gasteiger partial charge in [-0.3, -0.25) is 9.59 Å². The van der Waals surface area contributed by atoms with Gasteiger partial charge in [0.05, 0.1) is 27.6 Å². The molecule has 0 bridgehead atoms. The van der Waals surface area contributed by atoms with E-state index < -0.39 is 15.7 Å². The van der Waals surface area contributed by atoms with E-state index in [-0.39, 0.29) is 38.3 Å². The molecule has 8 nitrogen and oxygen atoms in total. The number of nitrogens with zero attached hydrogens (tertiary/aromatic N) is 2. The summed E-state index contributed by atoms with van der Waals surface area (Å²) in [6, 6.07) is 16.9. The molecule has 0 fully saturated rings. The van der Waals surface area contributed by atoms with Crippen LogP contribution in [0.4, 0.5) is 5.69 Å². The average Bonchev–Trinajstić information content (AvgIpc) is 3.29. The number of phenolic OH excluding ortho intramolecular Hbond substituents is 1. The Morgan fingerprint density at radius 1 is 1.06 bits per heavy atom. The summed E-state index contributed by atoms with van der Waals surface area (Å²) >= 11 is 1.43. The Morgan fingerprint density at radius 3 is 2.57 bits per heavy atom. The van der Waals surface area contributed by atoms with Gasteiger partial charge in [-0.15, -0.1) is 11.3 Å². The normalized spacial score (nSPS) is 13.8. The molecule has 0 saturated carbocycles. The van der Waals surface area contributed by atoms with Crippen LogP contribution in [-0.2, 0) is 16.4 Å². The Balaban J connectivity index is 1.39. The number of thiazole rings is 1. The molecule has 3 aromatic carbocycles. The van der Waals surface area contributed by atoms with Crippen molar-refractivity contribution in [2.75, 3.05) is 12.4 Å². The summed E-state index contributed by atoms with van der Waals surface area (Å²) in [5.41, 5.74) is 1.23. The zero-order valence-electron chi connectivity index (χ0n) is 18.4. The summed E-state index contributed by atoms with van der Waals surface area (Å²) < 4.78 is 26.3. The van der Waals surface area contributed by atoms with Crippen molar-refractivity contribution >= 4 is 38.7 Å². The minimum atomic E-state index is -3.94. The first-order chi connectivity index (χ1) is 16.7. The maximum absolute atomic E-state index is 13.1. The first-order valence-electron chi connectivity index (χ1n) is 10.5. The molecule has 2 heterocycles. The number of sulfone groups is 1. The molecule has 0 radical (unpaired) electrons. The molecule has 176 valence electrons. The van der Waals surface area contributed by atoms with Gasteiger partial charge in [-0.1, -0.05) is 12.1 Å². The van der Waals surface area contributed by atoms with Crippen molar-refractivity contribution in [1.29, 1.82) is 0 Å². The molecule has 2 amide bonds. The summed E-state index contributed by atoms with van der Waals surface area (Å²) in [7, 11) is -2.30. The number of rotatable bonds is 4. The van der Waals surface area contributed by atoms with E-state index in [9.17, 15) is 23.1 Å². The van der Waals surface area contributed by atoms with Crippen LogP contribution in [0.2, 0.25) is 0 Å². The third-order valence-corrected chi connectivity index (χ3v) is 8.49. The van der Waals surface area contributed by atoms with E-state index >= 15 is 0 Å². The van der Waals surface area contributed by atoms with Crippen molar-refractivity contribution in [2.45, 2.75) is 16.3 Å². The molecule has 1 aliphatic rings. The third-order valence-electron chi connectivity index (χ3n) is 5.59. The van der Waals surface area contributed by atoms with E-state index in [1.807, 2.05) is 0 Å². The summed E-state index contributed by atoms with van der Waals surface area (Å²) in [6.07, 6.45) is 1.69. The number of phenols is 1. The van der Waals surface area contributed by atoms with Crippen LogP contribution < -0.4 is 5.32 Å². The second-order valence-electron chi connectivity index (χ2n) is 8.00. The zero-order chi connectivity index (χ0) is 24.7. The summed E-state index contributed by atoms with van der Waals surface area (Å²) in [5, 5.41) is 12.8. The molecule has 0 unspecified atom stereocenters.